The molecule has 7 nitrogen and oxygen atoms in total. The number of nitrogens with zero attached hydrogens (tertiary/aromatic N) is 2. The number of amides is 2. The average molecular weight is 625 g/mol. The van der Waals surface area contributed by atoms with Gasteiger partial charge in [0.1, 0.15) is 12.6 Å². The molecule has 214 valence electrons. The van der Waals surface area contributed by atoms with Gasteiger partial charge in [-0.05, 0) is 94.3 Å². The van der Waals surface area contributed by atoms with Gasteiger partial charge in [-0.2, -0.15) is 0 Å². The molecule has 3 aromatic rings. The van der Waals surface area contributed by atoms with Gasteiger partial charge in [0.15, 0.2) is 0 Å². The summed E-state index contributed by atoms with van der Waals surface area (Å²) >= 11 is 18.5. The number of hydrogen-bond donors (Lipinski definition) is 1. The second kappa shape index (κ2) is 12.8. The molecular weight excluding hydrogens is 593 g/mol. The average Bonchev–Trinajstić information content (AvgIpc) is 2.85. The number of carbonyl (C=O) groups is 2. The monoisotopic (exact) mass is 623 g/mol. The van der Waals surface area contributed by atoms with Gasteiger partial charge in [-0.25, -0.2) is 8.42 Å². The topological polar surface area (TPSA) is 86.8 Å². The molecule has 0 unspecified atom stereocenters. The molecule has 0 heterocycles. The molecule has 0 radical (unpaired) electrons. The molecule has 0 saturated carbocycles. The Bertz CT molecular complexity index is 1490. The van der Waals surface area contributed by atoms with Crippen LogP contribution in [0.25, 0.3) is 0 Å². The standard InChI is InChI=1S/C29H32Cl3N3O4S/c1-19-7-6-8-24(15-19)35(40(38,39)25-13-11-22(30)12-14-25)18-27(36)34(20(2)28(37)33-29(3,4)5)17-21-9-10-23(31)16-26(21)32/h6-16,20H,17-18H2,1-5H3,(H,33,37)/t20-/m1/s1. The van der Waals surface area contributed by atoms with Gasteiger partial charge in [0, 0.05) is 27.2 Å². The second-order valence-electron chi connectivity index (χ2n) is 10.5. The maximum absolute atomic E-state index is 14.0. The Kier molecular flexibility index (Phi) is 10.2. The van der Waals surface area contributed by atoms with Crippen LogP contribution in [0.3, 0.4) is 0 Å². The van der Waals surface area contributed by atoms with Crippen molar-refractivity contribution in [2.24, 2.45) is 0 Å². The molecule has 0 aromatic heterocycles. The molecule has 1 atom stereocenters. The predicted octanol–water partition coefficient (Wildman–Crippen LogP) is 6.48. The molecule has 0 saturated heterocycles. The Morgan fingerprint density at radius 2 is 1.55 bits per heavy atom. The van der Waals surface area contributed by atoms with E-state index in [9.17, 15) is 18.0 Å². The summed E-state index contributed by atoms with van der Waals surface area (Å²) in [6.45, 7) is 8.30. The molecule has 0 aliphatic carbocycles. The van der Waals surface area contributed by atoms with Crippen LogP contribution in [-0.4, -0.2) is 43.3 Å². The molecule has 0 bridgehead atoms. The van der Waals surface area contributed by atoms with Crippen LogP contribution >= 0.6 is 34.8 Å². The highest BCUT2D eigenvalue weighted by atomic mass is 35.5. The molecule has 3 rings (SSSR count). The zero-order valence-electron chi connectivity index (χ0n) is 22.9. The molecular formula is C29H32Cl3N3O4S. The first-order chi connectivity index (χ1) is 18.6. The zero-order chi connectivity index (χ0) is 29.8. The minimum absolute atomic E-state index is 0.0305. The Morgan fingerprint density at radius 3 is 2.12 bits per heavy atom. The van der Waals surface area contributed by atoms with Crippen molar-refractivity contribution in [3.63, 3.8) is 0 Å². The fourth-order valence-corrected chi connectivity index (χ4v) is 5.94. The molecule has 3 aromatic carbocycles. The van der Waals surface area contributed by atoms with Gasteiger partial charge in [-0.1, -0.05) is 53.0 Å². The number of rotatable bonds is 9. The van der Waals surface area contributed by atoms with Crippen LogP contribution in [0.2, 0.25) is 15.1 Å². The van der Waals surface area contributed by atoms with E-state index in [-0.39, 0.29) is 11.4 Å². The summed E-state index contributed by atoms with van der Waals surface area (Å²) < 4.78 is 28.7. The van der Waals surface area contributed by atoms with Crippen LogP contribution in [0.15, 0.2) is 71.6 Å². The highest BCUT2D eigenvalue weighted by Gasteiger charge is 2.33. The quantitative estimate of drug-likeness (QED) is 0.295. The number of carbonyl (C=O) groups excluding carboxylic acids is 2. The minimum Gasteiger partial charge on any atom is -0.350 e. The first-order valence-corrected chi connectivity index (χ1v) is 15.1. The largest absolute Gasteiger partial charge is 0.350 e. The maximum Gasteiger partial charge on any atom is 0.264 e. The fourth-order valence-electron chi connectivity index (χ4n) is 3.94. The summed E-state index contributed by atoms with van der Waals surface area (Å²) in [6.07, 6.45) is 0. The Balaban J connectivity index is 2.06. The summed E-state index contributed by atoms with van der Waals surface area (Å²) in [4.78, 5) is 28.5. The van der Waals surface area contributed by atoms with E-state index in [4.69, 9.17) is 34.8 Å². The Labute approximate surface area is 251 Å². The summed E-state index contributed by atoms with van der Waals surface area (Å²) in [7, 11) is -4.19. The van der Waals surface area contributed by atoms with E-state index < -0.39 is 40.0 Å². The van der Waals surface area contributed by atoms with Gasteiger partial charge in [-0.3, -0.25) is 13.9 Å². The highest BCUT2D eigenvalue weighted by Crippen LogP contribution is 2.27. The molecule has 0 spiro atoms. The van der Waals surface area contributed by atoms with Crippen LogP contribution in [0.4, 0.5) is 5.69 Å². The summed E-state index contributed by atoms with van der Waals surface area (Å²) in [5.74, 6) is -0.991. The third-order valence-corrected chi connectivity index (χ3v) is 8.62. The number of anilines is 1. The lowest BCUT2D eigenvalue weighted by Gasteiger charge is -2.33. The fraction of sp³-hybridized carbons (Fsp3) is 0.310. The van der Waals surface area contributed by atoms with E-state index in [1.807, 2.05) is 33.8 Å². The molecule has 0 fully saturated rings. The van der Waals surface area contributed by atoms with Gasteiger partial charge in [0.05, 0.1) is 10.6 Å². The van der Waals surface area contributed by atoms with Crippen molar-refractivity contribution in [1.82, 2.24) is 10.2 Å². The number of halogens is 3. The first-order valence-electron chi connectivity index (χ1n) is 12.5. The second-order valence-corrected chi connectivity index (χ2v) is 13.6. The van der Waals surface area contributed by atoms with Crippen molar-refractivity contribution in [2.45, 2.75) is 57.6 Å². The van der Waals surface area contributed by atoms with E-state index in [0.29, 0.717) is 26.3 Å². The lowest BCUT2D eigenvalue weighted by molar-refractivity contribution is -0.140. The van der Waals surface area contributed by atoms with Crippen LogP contribution in [-0.2, 0) is 26.2 Å². The Morgan fingerprint density at radius 1 is 0.925 bits per heavy atom. The van der Waals surface area contributed by atoms with Gasteiger partial charge in [0.25, 0.3) is 10.0 Å². The normalized spacial score (nSPS) is 12.5. The Hall–Kier alpha value is -2.78. The lowest BCUT2D eigenvalue weighted by Crippen LogP contribution is -2.54. The van der Waals surface area contributed by atoms with E-state index in [1.54, 1.807) is 43.3 Å². The van der Waals surface area contributed by atoms with E-state index in [2.05, 4.69) is 5.32 Å². The summed E-state index contributed by atoms with van der Waals surface area (Å²) in [5.41, 5.74) is 1.12. The van der Waals surface area contributed by atoms with Gasteiger partial charge in [-0.15, -0.1) is 0 Å². The zero-order valence-corrected chi connectivity index (χ0v) is 26.0. The van der Waals surface area contributed by atoms with Crippen LogP contribution < -0.4 is 9.62 Å². The number of aryl methyl sites for hydroxylation is 1. The maximum atomic E-state index is 14.0. The van der Waals surface area contributed by atoms with Crippen LogP contribution in [0.5, 0.6) is 0 Å². The summed E-state index contributed by atoms with van der Waals surface area (Å²) in [5, 5.41) is 4.00. The van der Waals surface area contributed by atoms with Crippen molar-refractivity contribution in [3.8, 4) is 0 Å². The minimum atomic E-state index is -4.19. The van der Waals surface area contributed by atoms with Crippen molar-refractivity contribution < 1.29 is 18.0 Å². The number of nitrogens with one attached hydrogen (secondary N) is 1. The van der Waals surface area contributed by atoms with Crippen molar-refractivity contribution in [2.75, 3.05) is 10.8 Å². The SMILES string of the molecule is Cc1cccc(N(CC(=O)N(Cc2ccc(Cl)cc2Cl)[C@H](C)C(=O)NC(C)(C)C)S(=O)(=O)c2ccc(Cl)cc2)c1. The number of sulfonamides is 1. The highest BCUT2D eigenvalue weighted by molar-refractivity contribution is 7.92. The third-order valence-electron chi connectivity index (χ3n) is 5.99. The molecule has 40 heavy (non-hydrogen) atoms. The first kappa shape index (κ1) is 31.7. The molecule has 2 amide bonds. The molecule has 11 heteroatoms. The molecule has 0 aliphatic heterocycles. The van der Waals surface area contributed by atoms with Crippen molar-refractivity contribution in [3.05, 3.63) is 92.9 Å². The van der Waals surface area contributed by atoms with Crippen molar-refractivity contribution >= 4 is 62.3 Å². The van der Waals surface area contributed by atoms with Gasteiger partial charge >= 0.3 is 0 Å². The number of hydrogen-bond acceptors (Lipinski definition) is 4. The van der Waals surface area contributed by atoms with Gasteiger partial charge in [0.2, 0.25) is 11.8 Å². The van der Waals surface area contributed by atoms with E-state index in [1.165, 1.54) is 29.2 Å². The van der Waals surface area contributed by atoms with E-state index in [0.717, 1.165) is 9.87 Å². The lowest BCUT2D eigenvalue weighted by atomic mass is 10.1. The molecule has 0 aliphatic rings. The molecule has 1 N–H and O–H groups in total. The predicted molar refractivity (Wildman–Crippen MR) is 162 cm³/mol. The van der Waals surface area contributed by atoms with Gasteiger partial charge < -0.3 is 10.2 Å². The van der Waals surface area contributed by atoms with Crippen LogP contribution in [0, 0.1) is 6.92 Å². The van der Waals surface area contributed by atoms with Crippen LogP contribution in [0.1, 0.15) is 38.8 Å². The number of benzene rings is 3. The smallest absolute Gasteiger partial charge is 0.264 e. The van der Waals surface area contributed by atoms with Crippen molar-refractivity contribution in [1.29, 1.82) is 0 Å². The summed E-state index contributed by atoms with van der Waals surface area (Å²) in [6, 6.07) is 16.4. The van der Waals surface area contributed by atoms with E-state index >= 15 is 0 Å². The third kappa shape index (κ3) is 8.13.